The zero-order valence-electron chi connectivity index (χ0n) is 16.9. The molecule has 8 heteroatoms. The van der Waals surface area contributed by atoms with E-state index < -0.39 is 0 Å². The van der Waals surface area contributed by atoms with E-state index in [9.17, 15) is 9.59 Å². The van der Waals surface area contributed by atoms with Crippen LogP contribution in [0.2, 0.25) is 0 Å². The Morgan fingerprint density at radius 1 is 1.10 bits per heavy atom. The number of hydrogen-bond acceptors (Lipinski definition) is 5. The number of nitrogens with zero attached hydrogens (tertiary/aromatic N) is 6. The number of pyridine rings is 1. The highest BCUT2D eigenvalue weighted by Crippen LogP contribution is 2.33. The summed E-state index contributed by atoms with van der Waals surface area (Å²) in [5, 5.41) is 8.48. The van der Waals surface area contributed by atoms with Gasteiger partial charge in [-0.15, -0.1) is 10.2 Å². The minimum Gasteiger partial charge on any atom is -0.343 e. The molecule has 29 heavy (non-hydrogen) atoms. The molecule has 4 heterocycles. The summed E-state index contributed by atoms with van der Waals surface area (Å²) in [6, 6.07) is 3.95. The fraction of sp³-hybridized carbons (Fsp3) is 0.571. The van der Waals surface area contributed by atoms with Gasteiger partial charge in [0, 0.05) is 45.4 Å². The summed E-state index contributed by atoms with van der Waals surface area (Å²) < 4.78 is 2.04. The zero-order chi connectivity index (χ0) is 20.2. The molecule has 154 valence electrons. The first kappa shape index (κ1) is 19.5. The molecule has 0 aliphatic carbocycles. The first-order valence-electron chi connectivity index (χ1n) is 10.4. The molecule has 0 bridgehead atoms. The van der Waals surface area contributed by atoms with E-state index in [0.717, 1.165) is 56.7 Å². The predicted molar refractivity (Wildman–Crippen MR) is 107 cm³/mol. The van der Waals surface area contributed by atoms with Crippen LogP contribution < -0.4 is 0 Å². The van der Waals surface area contributed by atoms with Gasteiger partial charge in [-0.05, 0) is 49.3 Å². The third kappa shape index (κ3) is 4.46. The van der Waals surface area contributed by atoms with Crippen molar-refractivity contribution in [1.82, 2.24) is 29.5 Å². The molecule has 0 N–H and O–H groups in total. The summed E-state index contributed by atoms with van der Waals surface area (Å²) in [7, 11) is 0. The van der Waals surface area contributed by atoms with Crippen LogP contribution >= 0.6 is 0 Å². The van der Waals surface area contributed by atoms with Crippen LogP contribution in [0.25, 0.3) is 0 Å². The molecule has 1 unspecified atom stereocenters. The van der Waals surface area contributed by atoms with E-state index in [0.29, 0.717) is 18.9 Å². The Kier molecular flexibility index (Phi) is 5.87. The Morgan fingerprint density at radius 3 is 2.59 bits per heavy atom. The third-order valence-electron chi connectivity index (χ3n) is 6.14. The van der Waals surface area contributed by atoms with Crippen molar-refractivity contribution in [1.29, 1.82) is 0 Å². The SMILES string of the molecule is CC(=O)N1CCC(CC(=O)N2CCCC2c2nncn2Cc2ccncc2)CC1. The van der Waals surface area contributed by atoms with Crippen molar-refractivity contribution in [2.24, 2.45) is 5.92 Å². The maximum atomic E-state index is 13.1. The second-order valence-electron chi connectivity index (χ2n) is 8.07. The molecule has 8 nitrogen and oxygen atoms in total. The number of amides is 2. The molecule has 4 rings (SSSR count). The molecule has 0 aromatic carbocycles. The maximum Gasteiger partial charge on any atom is 0.223 e. The summed E-state index contributed by atoms with van der Waals surface area (Å²) in [6.45, 7) is 4.58. The van der Waals surface area contributed by atoms with Gasteiger partial charge in [0.05, 0.1) is 12.6 Å². The number of carbonyl (C=O) groups is 2. The van der Waals surface area contributed by atoms with Crippen molar-refractivity contribution in [2.45, 2.75) is 51.6 Å². The molecule has 0 saturated carbocycles. The predicted octanol–water partition coefficient (Wildman–Crippen LogP) is 2.03. The second-order valence-corrected chi connectivity index (χ2v) is 8.07. The lowest BCUT2D eigenvalue weighted by Gasteiger charge is -2.32. The number of rotatable bonds is 5. The highest BCUT2D eigenvalue weighted by Gasteiger charge is 2.34. The van der Waals surface area contributed by atoms with E-state index in [2.05, 4.69) is 15.2 Å². The quantitative estimate of drug-likeness (QED) is 0.772. The van der Waals surface area contributed by atoms with Crippen LogP contribution in [0.3, 0.4) is 0 Å². The van der Waals surface area contributed by atoms with E-state index in [1.807, 2.05) is 26.5 Å². The van der Waals surface area contributed by atoms with E-state index >= 15 is 0 Å². The topological polar surface area (TPSA) is 84.2 Å². The van der Waals surface area contributed by atoms with Crippen molar-refractivity contribution in [3.05, 3.63) is 42.2 Å². The molecule has 2 amide bonds. The Bertz CT molecular complexity index is 844. The summed E-state index contributed by atoms with van der Waals surface area (Å²) in [6.07, 6.45) is 9.58. The largest absolute Gasteiger partial charge is 0.343 e. The Morgan fingerprint density at radius 2 is 1.86 bits per heavy atom. The van der Waals surface area contributed by atoms with Crippen LogP contribution in [0.4, 0.5) is 0 Å². The number of hydrogen-bond donors (Lipinski definition) is 0. The maximum absolute atomic E-state index is 13.1. The van der Waals surface area contributed by atoms with Gasteiger partial charge in [-0.25, -0.2) is 0 Å². The van der Waals surface area contributed by atoms with Crippen LogP contribution in [-0.4, -0.2) is 61.0 Å². The molecule has 2 aromatic heterocycles. The van der Waals surface area contributed by atoms with Crippen LogP contribution in [0.1, 0.15) is 56.5 Å². The monoisotopic (exact) mass is 396 g/mol. The van der Waals surface area contributed by atoms with Crippen LogP contribution in [-0.2, 0) is 16.1 Å². The number of carbonyl (C=O) groups excluding carboxylic acids is 2. The number of likely N-dealkylation sites (tertiary alicyclic amines) is 2. The van der Waals surface area contributed by atoms with Crippen molar-refractivity contribution >= 4 is 11.8 Å². The van der Waals surface area contributed by atoms with Crippen LogP contribution in [0.5, 0.6) is 0 Å². The van der Waals surface area contributed by atoms with Crippen molar-refractivity contribution in [3.63, 3.8) is 0 Å². The average molecular weight is 396 g/mol. The van der Waals surface area contributed by atoms with Gasteiger partial charge in [0.2, 0.25) is 11.8 Å². The average Bonchev–Trinajstić information content (AvgIpc) is 3.38. The van der Waals surface area contributed by atoms with E-state index in [-0.39, 0.29) is 17.9 Å². The Labute approximate surface area is 170 Å². The molecule has 2 aliphatic rings. The highest BCUT2D eigenvalue weighted by molar-refractivity contribution is 5.77. The van der Waals surface area contributed by atoms with Crippen molar-refractivity contribution < 1.29 is 9.59 Å². The van der Waals surface area contributed by atoms with Crippen molar-refractivity contribution in [3.8, 4) is 0 Å². The molecule has 0 spiro atoms. The molecule has 2 fully saturated rings. The molecule has 2 aromatic rings. The van der Waals surface area contributed by atoms with Gasteiger partial charge in [-0.3, -0.25) is 14.6 Å². The lowest BCUT2D eigenvalue weighted by molar-refractivity contribution is -0.134. The molecule has 0 radical (unpaired) electrons. The van der Waals surface area contributed by atoms with Gasteiger partial charge in [-0.1, -0.05) is 0 Å². The van der Waals surface area contributed by atoms with E-state index in [4.69, 9.17) is 0 Å². The standard InChI is InChI=1S/C21H28N6O2/c1-16(28)25-11-6-17(7-12-25)13-20(29)27-10-2-3-19(27)21-24-23-15-26(21)14-18-4-8-22-9-5-18/h4-5,8-9,15,17,19H,2-3,6-7,10-14H2,1H3. The normalized spacial score (nSPS) is 20.2. The molecule has 2 saturated heterocycles. The molecular formula is C21H28N6O2. The Hall–Kier alpha value is -2.77. The lowest BCUT2D eigenvalue weighted by Crippen LogP contribution is -2.39. The smallest absolute Gasteiger partial charge is 0.223 e. The van der Waals surface area contributed by atoms with Gasteiger partial charge in [0.25, 0.3) is 0 Å². The second kappa shape index (κ2) is 8.71. The van der Waals surface area contributed by atoms with Crippen molar-refractivity contribution in [2.75, 3.05) is 19.6 Å². The first-order valence-corrected chi connectivity index (χ1v) is 10.4. The van der Waals surface area contributed by atoms with E-state index in [1.54, 1.807) is 25.6 Å². The number of aromatic nitrogens is 4. The molecular weight excluding hydrogens is 368 g/mol. The van der Waals surface area contributed by atoms with Gasteiger partial charge in [0.1, 0.15) is 6.33 Å². The van der Waals surface area contributed by atoms with Crippen LogP contribution in [0.15, 0.2) is 30.9 Å². The molecule has 1 atom stereocenters. The zero-order valence-corrected chi connectivity index (χ0v) is 16.9. The summed E-state index contributed by atoms with van der Waals surface area (Å²) >= 11 is 0. The van der Waals surface area contributed by atoms with Gasteiger partial charge in [0.15, 0.2) is 5.82 Å². The highest BCUT2D eigenvalue weighted by atomic mass is 16.2. The van der Waals surface area contributed by atoms with Gasteiger partial charge in [-0.2, -0.15) is 0 Å². The number of piperidine rings is 1. The minimum absolute atomic E-state index is 0.0101. The Balaban J connectivity index is 1.40. The fourth-order valence-corrected chi connectivity index (χ4v) is 4.48. The van der Waals surface area contributed by atoms with Crippen LogP contribution in [0, 0.1) is 5.92 Å². The molecule has 2 aliphatic heterocycles. The van der Waals surface area contributed by atoms with E-state index in [1.165, 1.54) is 0 Å². The third-order valence-corrected chi connectivity index (χ3v) is 6.14. The lowest BCUT2D eigenvalue weighted by atomic mass is 9.93. The summed E-state index contributed by atoms with van der Waals surface area (Å²) in [5.74, 6) is 1.54. The first-order chi connectivity index (χ1) is 14.1. The fourth-order valence-electron chi connectivity index (χ4n) is 4.48. The summed E-state index contributed by atoms with van der Waals surface area (Å²) in [4.78, 5) is 32.5. The summed E-state index contributed by atoms with van der Waals surface area (Å²) in [5.41, 5.74) is 1.13. The van der Waals surface area contributed by atoms with Gasteiger partial charge < -0.3 is 14.4 Å². The van der Waals surface area contributed by atoms with Gasteiger partial charge >= 0.3 is 0 Å². The minimum atomic E-state index is -0.0101.